The van der Waals surface area contributed by atoms with Gasteiger partial charge < -0.3 is 5.32 Å². The fraction of sp³-hybridized carbons (Fsp3) is 0.462. The SMILES string of the molecule is CC.CC.O=C1NCc2c1cc(Br)cc2C(F)(F)F. The lowest BCUT2D eigenvalue weighted by atomic mass is 10.0. The lowest BCUT2D eigenvalue weighted by molar-refractivity contribution is -0.138. The van der Waals surface area contributed by atoms with Crippen molar-refractivity contribution >= 4 is 21.8 Å². The number of amides is 1. The smallest absolute Gasteiger partial charge is 0.348 e. The minimum Gasteiger partial charge on any atom is -0.348 e. The van der Waals surface area contributed by atoms with Gasteiger partial charge in [-0.25, -0.2) is 0 Å². The van der Waals surface area contributed by atoms with Crippen molar-refractivity contribution < 1.29 is 18.0 Å². The molecule has 0 saturated heterocycles. The second kappa shape index (κ2) is 7.53. The van der Waals surface area contributed by atoms with Gasteiger partial charge in [0.2, 0.25) is 0 Å². The molecule has 1 N–H and O–H groups in total. The highest BCUT2D eigenvalue weighted by Crippen LogP contribution is 2.37. The minimum absolute atomic E-state index is 0.0238. The molecular formula is C13H17BrF3NO. The average Bonchev–Trinajstić information content (AvgIpc) is 2.74. The molecule has 0 atom stereocenters. The van der Waals surface area contributed by atoms with E-state index < -0.39 is 17.6 Å². The Bertz CT molecular complexity index is 444. The zero-order valence-corrected chi connectivity index (χ0v) is 12.9. The standard InChI is InChI=1S/C9H5BrF3NO.2C2H6/c10-4-1-5-6(3-14-8(5)15)7(2-4)9(11,12)13;2*1-2/h1-2H,3H2,(H,14,15);2*1-2H3. The topological polar surface area (TPSA) is 29.1 Å². The lowest BCUT2D eigenvalue weighted by Gasteiger charge is -2.11. The third-order valence-electron chi connectivity index (χ3n) is 2.19. The number of halogens is 4. The molecule has 0 aromatic heterocycles. The number of fused-ring (bicyclic) bond motifs is 1. The van der Waals surface area contributed by atoms with Gasteiger partial charge in [-0.15, -0.1) is 0 Å². The van der Waals surface area contributed by atoms with E-state index in [0.717, 1.165) is 6.07 Å². The second-order valence-electron chi connectivity index (χ2n) is 3.16. The summed E-state index contributed by atoms with van der Waals surface area (Å²) in [6, 6.07) is 2.38. The molecule has 1 amide bonds. The molecule has 0 fully saturated rings. The highest BCUT2D eigenvalue weighted by atomic mass is 79.9. The van der Waals surface area contributed by atoms with Crippen molar-refractivity contribution in [1.29, 1.82) is 0 Å². The van der Waals surface area contributed by atoms with Crippen molar-refractivity contribution in [3.05, 3.63) is 33.3 Å². The van der Waals surface area contributed by atoms with Gasteiger partial charge in [0, 0.05) is 16.6 Å². The van der Waals surface area contributed by atoms with Crippen LogP contribution in [-0.2, 0) is 12.7 Å². The fourth-order valence-corrected chi connectivity index (χ4v) is 2.00. The molecule has 0 unspecified atom stereocenters. The van der Waals surface area contributed by atoms with Gasteiger partial charge in [0.15, 0.2) is 0 Å². The van der Waals surface area contributed by atoms with Gasteiger partial charge >= 0.3 is 6.18 Å². The van der Waals surface area contributed by atoms with E-state index in [1.54, 1.807) is 0 Å². The maximum atomic E-state index is 12.6. The molecule has 2 nitrogen and oxygen atoms in total. The fourth-order valence-electron chi connectivity index (χ4n) is 1.55. The molecule has 1 aromatic carbocycles. The largest absolute Gasteiger partial charge is 0.416 e. The van der Waals surface area contributed by atoms with E-state index in [4.69, 9.17) is 0 Å². The van der Waals surface area contributed by atoms with Crippen LogP contribution in [0.25, 0.3) is 0 Å². The van der Waals surface area contributed by atoms with E-state index in [-0.39, 0.29) is 22.1 Å². The number of carbonyl (C=O) groups is 1. The van der Waals surface area contributed by atoms with Crippen LogP contribution in [0.2, 0.25) is 0 Å². The van der Waals surface area contributed by atoms with Gasteiger partial charge in [0.05, 0.1) is 5.56 Å². The van der Waals surface area contributed by atoms with Crippen LogP contribution in [0.15, 0.2) is 16.6 Å². The Hall–Kier alpha value is -1.04. The van der Waals surface area contributed by atoms with Crippen molar-refractivity contribution in [1.82, 2.24) is 5.32 Å². The van der Waals surface area contributed by atoms with Crippen LogP contribution >= 0.6 is 15.9 Å². The summed E-state index contributed by atoms with van der Waals surface area (Å²) in [4.78, 5) is 11.2. The zero-order valence-electron chi connectivity index (χ0n) is 11.3. The van der Waals surface area contributed by atoms with Gasteiger partial charge in [-0.3, -0.25) is 4.79 Å². The van der Waals surface area contributed by atoms with Crippen molar-refractivity contribution in [2.45, 2.75) is 40.4 Å². The van der Waals surface area contributed by atoms with Crippen LogP contribution in [-0.4, -0.2) is 5.91 Å². The molecule has 0 radical (unpaired) electrons. The Kier molecular flexibility index (Phi) is 7.11. The summed E-state index contributed by atoms with van der Waals surface area (Å²) in [6.07, 6.45) is -4.43. The number of alkyl halides is 3. The number of carbonyl (C=O) groups excluding carboxylic acids is 1. The number of rotatable bonds is 0. The summed E-state index contributed by atoms with van der Waals surface area (Å²) >= 11 is 2.96. The number of nitrogens with one attached hydrogen (secondary N) is 1. The average molecular weight is 340 g/mol. The molecule has 19 heavy (non-hydrogen) atoms. The maximum absolute atomic E-state index is 12.6. The van der Waals surface area contributed by atoms with E-state index in [1.807, 2.05) is 27.7 Å². The van der Waals surface area contributed by atoms with E-state index in [2.05, 4.69) is 21.2 Å². The summed E-state index contributed by atoms with van der Waals surface area (Å²) in [6.45, 7) is 7.94. The number of hydrogen-bond acceptors (Lipinski definition) is 1. The summed E-state index contributed by atoms with van der Waals surface area (Å²) in [5.74, 6) is -0.461. The Balaban J connectivity index is 0.000000741. The minimum atomic E-state index is -4.43. The molecule has 0 saturated carbocycles. The summed E-state index contributed by atoms with van der Waals surface area (Å²) in [5, 5.41) is 2.36. The molecule has 6 heteroatoms. The normalized spacial score (nSPS) is 12.5. The molecule has 108 valence electrons. The van der Waals surface area contributed by atoms with Crippen LogP contribution in [0.5, 0.6) is 0 Å². The first kappa shape index (κ1) is 18.0. The molecule has 0 bridgehead atoms. The maximum Gasteiger partial charge on any atom is 0.416 e. The summed E-state index contributed by atoms with van der Waals surface area (Å²) in [5.41, 5.74) is -0.641. The monoisotopic (exact) mass is 339 g/mol. The second-order valence-corrected chi connectivity index (χ2v) is 4.08. The number of benzene rings is 1. The van der Waals surface area contributed by atoms with Crippen LogP contribution in [0.1, 0.15) is 49.2 Å². The van der Waals surface area contributed by atoms with E-state index in [9.17, 15) is 18.0 Å². The first-order valence-corrected chi connectivity index (χ1v) is 6.86. The number of hydrogen-bond donors (Lipinski definition) is 1. The highest BCUT2D eigenvalue weighted by molar-refractivity contribution is 9.10. The molecule has 0 aliphatic carbocycles. The first-order chi connectivity index (χ1) is 8.89. The lowest BCUT2D eigenvalue weighted by Crippen LogP contribution is -2.12. The summed E-state index contributed by atoms with van der Waals surface area (Å²) < 4.78 is 38.0. The molecule has 2 rings (SSSR count). The van der Waals surface area contributed by atoms with Crippen LogP contribution in [0.4, 0.5) is 13.2 Å². The van der Waals surface area contributed by atoms with Gasteiger partial charge in [0.25, 0.3) is 5.91 Å². The van der Waals surface area contributed by atoms with Crippen molar-refractivity contribution in [3.8, 4) is 0 Å². The van der Waals surface area contributed by atoms with Gasteiger partial charge in [-0.2, -0.15) is 13.2 Å². The molecule has 1 heterocycles. The molecular weight excluding hydrogens is 323 g/mol. The molecule has 1 aliphatic rings. The predicted octanol–water partition coefficient (Wildman–Crippen LogP) is 4.76. The molecule has 1 aromatic rings. The Morgan fingerprint density at radius 2 is 1.68 bits per heavy atom. The van der Waals surface area contributed by atoms with Crippen molar-refractivity contribution in [3.63, 3.8) is 0 Å². The highest BCUT2D eigenvalue weighted by Gasteiger charge is 2.37. The van der Waals surface area contributed by atoms with E-state index in [0.29, 0.717) is 0 Å². The Morgan fingerprint density at radius 3 is 2.16 bits per heavy atom. The van der Waals surface area contributed by atoms with Crippen molar-refractivity contribution in [2.75, 3.05) is 0 Å². The van der Waals surface area contributed by atoms with Crippen molar-refractivity contribution in [2.24, 2.45) is 0 Å². The van der Waals surface area contributed by atoms with E-state index >= 15 is 0 Å². The van der Waals surface area contributed by atoms with E-state index in [1.165, 1.54) is 6.07 Å². The van der Waals surface area contributed by atoms with Crippen LogP contribution in [0.3, 0.4) is 0 Å². The predicted molar refractivity (Wildman–Crippen MR) is 73.0 cm³/mol. The van der Waals surface area contributed by atoms with Gasteiger partial charge in [-0.05, 0) is 17.7 Å². The molecule has 1 aliphatic heterocycles. The Morgan fingerprint density at radius 1 is 1.16 bits per heavy atom. The Labute approximate surface area is 119 Å². The zero-order chi connectivity index (χ0) is 15.2. The third kappa shape index (κ3) is 4.23. The summed E-state index contributed by atoms with van der Waals surface area (Å²) in [7, 11) is 0. The van der Waals surface area contributed by atoms with Crippen LogP contribution < -0.4 is 5.32 Å². The third-order valence-corrected chi connectivity index (χ3v) is 2.65. The van der Waals surface area contributed by atoms with Gasteiger partial charge in [0.1, 0.15) is 0 Å². The molecule has 0 spiro atoms. The van der Waals surface area contributed by atoms with Crippen LogP contribution in [0, 0.1) is 0 Å². The quantitative estimate of drug-likeness (QED) is 0.725. The van der Waals surface area contributed by atoms with Gasteiger partial charge in [-0.1, -0.05) is 43.6 Å². The first-order valence-electron chi connectivity index (χ1n) is 6.07.